The van der Waals surface area contributed by atoms with Gasteiger partial charge in [-0.3, -0.25) is 15.0 Å². The molecule has 0 unspecified atom stereocenters. The standard InChI is InChI=1S/C11H9F3N4O4/c1-22-9(21)5-4-15-10(16-8(5)11(12,13)14)17-18-6(19)2-3-7(18)20/h4H,2-3H2,1H3,(H,15,16,17). The third kappa shape index (κ3) is 2.97. The van der Waals surface area contributed by atoms with Gasteiger partial charge in [-0.1, -0.05) is 0 Å². The van der Waals surface area contributed by atoms with E-state index in [0.29, 0.717) is 11.2 Å². The molecule has 118 valence electrons. The molecule has 8 nitrogen and oxygen atoms in total. The van der Waals surface area contributed by atoms with Crippen LogP contribution in [0.5, 0.6) is 0 Å². The smallest absolute Gasteiger partial charge is 0.434 e. The van der Waals surface area contributed by atoms with Gasteiger partial charge in [-0.05, 0) is 0 Å². The van der Waals surface area contributed by atoms with Gasteiger partial charge in [-0.15, -0.1) is 0 Å². The highest BCUT2D eigenvalue weighted by atomic mass is 19.4. The van der Waals surface area contributed by atoms with Crippen molar-refractivity contribution < 1.29 is 32.3 Å². The second kappa shape index (κ2) is 5.58. The number of nitrogens with one attached hydrogen (secondary N) is 1. The van der Waals surface area contributed by atoms with Gasteiger partial charge < -0.3 is 4.74 Å². The maximum absolute atomic E-state index is 12.9. The van der Waals surface area contributed by atoms with Crippen LogP contribution in [0.15, 0.2) is 6.20 Å². The molecule has 11 heteroatoms. The fourth-order valence-corrected chi connectivity index (χ4v) is 1.71. The van der Waals surface area contributed by atoms with E-state index in [-0.39, 0.29) is 12.8 Å². The number of hydrazine groups is 1. The number of rotatable bonds is 3. The number of esters is 1. The van der Waals surface area contributed by atoms with Crippen molar-refractivity contribution in [1.29, 1.82) is 0 Å². The van der Waals surface area contributed by atoms with E-state index in [1.807, 2.05) is 0 Å². The van der Waals surface area contributed by atoms with E-state index < -0.39 is 41.2 Å². The zero-order valence-electron chi connectivity index (χ0n) is 11.1. The number of aromatic nitrogens is 2. The Balaban J connectivity index is 2.37. The molecule has 1 aromatic rings. The number of nitrogens with zero attached hydrogens (tertiary/aromatic N) is 3. The topological polar surface area (TPSA) is 101 Å². The lowest BCUT2D eigenvalue weighted by molar-refractivity contribution is -0.141. The summed E-state index contributed by atoms with van der Waals surface area (Å²) in [4.78, 5) is 40.7. The lowest BCUT2D eigenvalue weighted by atomic mass is 10.2. The zero-order valence-corrected chi connectivity index (χ0v) is 11.1. The first kappa shape index (κ1) is 15.7. The minimum atomic E-state index is -4.94. The first-order valence-electron chi connectivity index (χ1n) is 5.89. The Hall–Kier alpha value is -2.72. The van der Waals surface area contributed by atoms with Crippen molar-refractivity contribution in [2.24, 2.45) is 0 Å². The monoisotopic (exact) mass is 318 g/mol. The molecule has 0 atom stereocenters. The first-order valence-corrected chi connectivity index (χ1v) is 5.89. The van der Waals surface area contributed by atoms with Gasteiger partial charge in [0.25, 0.3) is 0 Å². The van der Waals surface area contributed by atoms with Gasteiger partial charge in [0.2, 0.25) is 17.8 Å². The van der Waals surface area contributed by atoms with Crippen LogP contribution >= 0.6 is 0 Å². The molecule has 0 aromatic carbocycles. The molecule has 2 heterocycles. The summed E-state index contributed by atoms with van der Waals surface area (Å²) in [5.74, 6) is -3.12. The number of methoxy groups -OCH3 is 1. The Morgan fingerprint density at radius 1 is 1.32 bits per heavy atom. The lowest BCUT2D eigenvalue weighted by Gasteiger charge is -2.16. The molecule has 2 rings (SSSR count). The first-order chi connectivity index (χ1) is 10.2. The average molecular weight is 318 g/mol. The van der Waals surface area contributed by atoms with E-state index in [0.717, 1.165) is 7.11 Å². The van der Waals surface area contributed by atoms with Crippen LogP contribution in [0.25, 0.3) is 0 Å². The SMILES string of the molecule is COC(=O)c1cnc(NN2C(=O)CCC2=O)nc1C(F)(F)F. The molecule has 0 spiro atoms. The van der Waals surface area contributed by atoms with Crippen molar-refractivity contribution in [2.75, 3.05) is 12.5 Å². The van der Waals surface area contributed by atoms with Gasteiger partial charge in [0.15, 0.2) is 5.69 Å². The van der Waals surface area contributed by atoms with Gasteiger partial charge in [-0.25, -0.2) is 14.8 Å². The van der Waals surface area contributed by atoms with E-state index in [1.54, 1.807) is 0 Å². The molecule has 22 heavy (non-hydrogen) atoms. The lowest BCUT2D eigenvalue weighted by Crippen LogP contribution is -2.36. The number of carbonyl (C=O) groups excluding carboxylic acids is 3. The maximum atomic E-state index is 12.9. The van der Waals surface area contributed by atoms with Crippen molar-refractivity contribution >= 4 is 23.7 Å². The summed E-state index contributed by atoms with van der Waals surface area (Å²) in [6, 6.07) is 0. The minimum absolute atomic E-state index is 0.0573. The number of amides is 2. The fourth-order valence-electron chi connectivity index (χ4n) is 1.71. The maximum Gasteiger partial charge on any atom is 0.434 e. The van der Waals surface area contributed by atoms with Gasteiger partial charge in [0, 0.05) is 19.0 Å². The van der Waals surface area contributed by atoms with Crippen LogP contribution in [0.3, 0.4) is 0 Å². The summed E-state index contributed by atoms with van der Waals surface area (Å²) < 4.78 is 43.0. The summed E-state index contributed by atoms with van der Waals surface area (Å²) in [6.07, 6.45) is -4.45. The molecule has 0 bridgehead atoms. The molecule has 0 saturated carbocycles. The highest BCUT2D eigenvalue weighted by Crippen LogP contribution is 2.31. The van der Waals surface area contributed by atoms with Crippen LogP contribution in [0.4, 0.5) is 19.1 Å². The highest BCUT2D eigenvalue weighted by Gasteiger charge is 2.39. The highest BCUT2D eigenvalue weighted by molar-refractivity contribution is 6.02. The number of ether oxygens (including phenoxy) is 1. The van der Waals surface area contributed by atoms with Crippen molar-refractivity contribution in [2.45, 2.75) is 19.0 Å². The van der Waals surface area contributed by atoms with Gasteiger partial charge in [0.1, 0.15) is 5.56 Å². The van der Waals surface area contributed by atoms with Crippen molar-refractivity contribution in [1.82, 2.24) is 15.0 Å². The van der Waals surface area contributed by atoms with Crippen LogP contribution in [0.1, 0.15) is 28.9 Å². The van der Waals surface area contributed by atoms with E-state index >= 15 is 0 Å². The number of hydrogen-bond donors (Lipinski definition) is 1. The Labute approximate surface area is 121 Å². The Kier molecular flexibility index (Phi) is 3.97. The zero-order chi connectivity index (χ0) is 16.5. The van der Waals surface area contributed by atoms with Crippen molar-refractivity contribution in [3.05, 3.63) is 17.5 Å². The number of hydrogen-bond acceptors (Lipinski definition) is 7. The predicted molar refractivity (Wildman–Crippen MR) is 63.1 cm³/mol. The number of carbonyl (C=O) groups is 3. The van der Waals surface area contributed by atoms with Crippen LogP contribution in [-0.2, 0) is 20.5 Å². The number of imide groups is 1. The number of alkyl halides is 3. The molecule has 1 aromatic heterocycles. The van der Waals surface area contributed by atoms with Crippen LogP contribution in [0.2, 0.25) is 0 Å². The third-order valence-electron chi connectivity index (χ3n) is 2.73. The van der Waals surface area contributed by atoms with E-state index in [1.165, 1.54) is 0 Å². The van der Waals surface area contributed by atoms with Crippen LogP contribution in [0, 0.1) is 0 Å². The van der Waals surface area contributed by atoms with E-state index in [4.69, 9.17) is 0 Å². The third-order valence-corrected chi connectivity index (χ3v) is 2.73. The summed E-state index contributed by atoms with van der Waals surface area (Å²) in [6.45, 7) is 0. The van der Waals surface area contributed by atoms with Gasteiger partial charge >= 0.3 is 12.1 Å². The molecule has 1 aliphatic heterocycles. The van der Waals surface area contributed by atoms with Crippen molar-refractivity contribution in [3.8, 4) is 0 Å². The predicted octanol–water partition coefficient (Wildman–Crippen LogP) is 0.758. The molecule has 1 N–H and O–H groups in total. The Morgan fingerprint density at radius 3 is 2.41 bits per heavy atom. The Bertz CT molecular complexity index is 631. The second-order valence-corrected chi connectivity index (χ2v) is 4.18. The molecular weight excluding hydrogens is 309 g/mol. The average Bonchev–Trinajstić information content (AvgIpc) is 2.77. The summed E-state index contributed by atoms with van der Waals surface area (Å²) in [5.41, 5.74) is -0.310. The molecule has 0 aliphatic carbocycles. The fraction of sp³-hybridized carbons (Fsp3) is 0.364. The summed E-state index contributed by atoms with van der Waals surface area (Å²) in [5, 5.41) is 0.535. The van der Waals surface area contributed by atoms with Gasteiger partial charge in [0.05, 0.1) is 7.11 Å². The second-order valence-electron chi connectivity index (χ2n) is 4.18. The normalized spacial score (nSPS) is 15.2. The summed E-state index contributed by atoms with van der Waals surface area (Å²) >= 11 is 0. The summed E-state index contributed by atoms with van der Waals surface area (Å²) in [7, 11) is 0.913. The van der Waals surface area contributed by atoms with E-state index in [2.05, 4.69) is 20.1 Å². The molecule has 0 radical (unpaired) electrons. The minimum Gasteiger partial charge on any atom is -0.465 e. The van der Waals surface area contributed by atoms with Gasteiger partial charge in [-0.2, -0.15) is 18.2 Å². The molecule has 2 amide bonds. The number of anilines is 1. The molecule has 1 aliphatic rings. The van der Waals surface area contributed by atoms with Crippen LogP contribution in [-0.4, -0.2) is 39.9 Å². The molecule has 1 fully saturated rings. The molecular formula is C11H9F3N4O4. The van der Waals surface area contributed by atoms with Crippen molar-refractivity contribution in [3.63, 3.8) is 0 Å². The van der Waals surface area contributed by atoms with Crippen LogP contribution < -0.4 is 5.43 Å². The number of halogens is 3. The quantitative estimate of drug-likeness (QED) is 0.648. The Morgan fingerprint density at radius 2 is 1.91 bits per heavy atom. The molecule has 1 saturated heterocycles. The van der Waals surface area contributed by atoms with E-state index in [9.17, 15) is 27.6 Å². The largest absolute Gasteiger partial charge is 0.465 e.